The smallest absolute Gasteiger partial charge is 0.254 e. The van der Waals surface area contributed by atoms with Gasteiger partial charge >= 0.3 is 0 Å². The van der Waals surface area contributed by atoms with Gasteiger partial charge in [0.05, 0.1) is 17.7 Å². The fraction of sp³-hybridized carbons (Fsp3) is 0.364. The zero-order valence-electron chi connectivity index (χ0n) is 15.9. The van der Waals surface area contributed by atoms with Crippen molar-refractivity contribution in [2.45, 2.75) is 25.5 Å². The molecule has 0 spiro atoms. The molecule has 5 heteroatoms. The first-order chi connectivity index (χ1) is 13.1. The minimum absolute atomic E-state index is 0.0701. The Morgan fingerprint density at radius 2 is 2.00 bits per heavy atom. The number of hydrogen-bond acceptors (Lipinski definition) is 4. The molecule has 2 aromatic carbocycles. The lowest BCUT2D eigenvalue weighted by Crippen LogP contribution is -2.37. The molecule has 140 valence electrons. The molecule has 3 rings (SSSR count). The van der Waals surface area contributed by atoms with E-state index in [4.69, 9.17) is 10.00 Å². The van der Waals surface area contributed by atoms with Crippen LogP contribution in [0.25, 0.3) is 0 Å². The minimum Gasteiger partial charge on any atom is -0.378 e. The SMILES string of the molecule is CN(C)c1ccc(CN(C[C@H]2CCCO2)C(=O)c2cccc(C#N)c2)cc1. The molecule has 1 aliphatic heterocycles. The zero-order valence-corrected chi connectivity index (χ0v) is 15.9. The number of nitrogens with zero attached hydrogens (tertiary/aromatic N) is 3. The van der Waals surface area contributed by atoms with Crippen molar-refractivity contribution in [1.29, 1.82) is 5.26 Å². The molecule has 0 radical (unpaired) electrons. The van der Waals surface area contributed by atoms with Crippen LogP contribution in [0.1, 0.15) is 34.3 Å². The second kappa shape index (κ2) is 8.70. The van der Waals surface area contributed by atoms with Gasteiger partial charge < -0.3 is 14.5 Å². The molecule has 1 heterocycles. The Kier molecular flexibility index (Phi) is 6.10. The molecule has 1 atom stereocenters. The summed E-state index contributed by atoms with van der Waals surface area (Å²) in [6.45, 7) is 1.84. The largest absolute Gasteiger partial charge is 0.378 e. The summed E-state index contributed by atoms with van der Waals surface area (Å²) in [6.07, 6.45) is 2.09. The molecule has 27 heavy (non-hydrogen) atoms. The summed E-state index contributed by atoms with van der Waals surface area (Å²) in [4.78, 5) is 17.0. The first-order valence-corrected chi connectivity index (χ1v) is 9.24. The molecule has 0 unspecified atom stereocenters. The fourth-order valence-electron chi connectivity index (χ4n) is 3.28. The van der Waals surface area contributed by atoms with Crippen molar-refractivity contribution in [3.8, 4) is 6.07 Å². The lowest BCUT2D eigenvalue weighted by Gasteiger charge is -2.26. The van der Waals surface area contributed by atoms with Gasteiger partial charge in [-0.2, -0.15) is 5.26 Å². The first kappa shape index (κ1) is 18.9. The van der Waals surface area contributed by atoms with Crippen molar-refractivity contribution >= 4 is 11.6 Å². The van der Waals surface area contributed by atoms with Gasteiger partial charge in [-0.05, 0) is 48.7 Å². The zero-order chi connectivity index (χ0) is 19.2. The molecule has 0 saturated carbocycles. The van der Waals surface area contributed by atoms with E-state index in [1.54, 1.807) is 24.3 Å². The van der Waals surface area contributed by atoms with Gasteiger partial charge in [-0.15, -0.1) is 0 Å². The fourth-order valence-corrected chi connectivity index (χ4v) is 3.28. The van der Waals surface area contributed by atoms with Crippen LogP contribution >= 0.6 is 0 Å². The molecule has 0 aromatic heterocycles. The van der Waals surface area contributed by atoms with Gasteiger partial charge in [0.25, 0.3) is 5.91 Å². The van der Waals surface area contributed by atoms with Gasteiger partial charge in [0.1, 0.15) is 0 Å². The Morgan fingerprint density at radius 1 is 1.22 bits per heavy atom. The highest BCUT2D eigenvalue weighted by Gasteiger charge is 2.24. The lowest BCUT2D eigenvalue weighted by molar-refractivity contribution is 0.0507. The van der Waals surface area contributed by atoms with Gasteiger partial charge in [-0.3, -0.25) is 4.79 Å². The molecule has 1 fully saturated rings. The average molecular weight is 363 g/mol. The van der Waals surface area contributed by atoms with E-state index in [0.717, 1.165) is 30.7 Å². The van der Waals surface area contributed by atoms with Gasteiger partial charge in [0, 0.05) is 45.0 Å². The summed E-state index contributed by atoms with van der Waals surface area (Å²) < 4.78 is 5.75. The Morgan fingerprint density at radius 3 is 2.63 bits per heavy atom. The molecule has 2 aromatic rings. The van der Waals surface area contributed by atoms with Crippen LogP contribution in [0, 0.1) is 11.3 Å². The number of ether oxygens (including phenoxy) is 1. The minimum atomic E-state index is -0.0701. The number of nitriles is 1. The average Bonchev–Trinajstić information content (AvgIpc) is 3.20. The van der Waals surface area contributed by atoms with E-state index in [9.17, 15) is 4.79 Å². The van der Waals surface area contributed by atoms with Crippen LogP contribution < -0.4 is 4.90 Å². The second-order valence-electron chi connectivity index (χ2n) is 7.07. The lowest BCUT2D eigenvalue weighted by atomic mass is 10.1. The van der Waals surface area contributed by atoms with Crippen molar-refractivity contribution < 1.29 is 9.53 Å². The molecule has 0 N–H and O–H groups in total. The number of amides is 1. The third-order valence-electron chi connectivity index (χ3n) is 4.80. The predicted molar refractivity (Wildman–Crippen MR) is 106 cm³/mol. The van der Waals surface area contributed by atoms with Gasteiger partial charge in [-0.25, -0.2) is 0 Å². The maximum atomic E-state index is 13.1. The van der Waals surface area contributed by atoms with Crippen molar-refractivity contribution in [3.63, 3.8) is 0 Å². The van der Waals surface area contributed by atoms with Crippen molar-refractivity contribution in [3.05, 3.63) is 65.2 Å². The van der Waals surface area contributed by atoms with E-state index >= 15 is 0 Å². The maximum Gasteiger partial charge on any atom is 0.254 e. The third-order valence-corrected chi connectivity index (χ3v) is 4.80. The Hall–Kier alpha value is -2.84. The first-order valence-electron chi connectivity index (χ1n) is 9.24. The van der Waals surface area contributed by atoms with Crippen LogP contribution in [0.4, 0.5) is 5.69 Å². The predicted octanol–water partition coefficient (Wildman–Crippen LogP) is 3.45. The van der Waals surface area contributed by atoms with Crippen molar-refractivity contribution in [2.24, 2.45) is 0 Å². The molecule has 0 aliphatic carbocycles. The van der Waals surface area contributed by atoms with E-state index in [1.807, 2.05) is 23.9 Å². The standard InChI is InChI=1S/C22H25N3O2/c1-24(2)20-10-8-17(9-11-20)15-25(16-21-7-4-12-27-21)22(26)19-6-3-5-18(13-19)14-23/h3,5-6,8-11,13,21H,4,7,12,15-16H2,1-2H3/t21-/m1/s1. The Bertz CT molecular complexity index is 818. The van der Waals surface area contributed by atoms with E-state index in [2.05, 4.69) is 30.3 Å². The molecule has 1 amide bonds. The number of carbonyl (C=O) groups is 1. The molecule has 5 nitrogen and oxygen atoms in total. The van der Waals surface area contributed by atoms with Crippen molar-refractivity contribution in [1.82, 2.24) is 4.90 Å². The summed E-state index contributed by atoms with van der Waals surface area (Å²) in [5.41, 5.74) is 3.23. The van der Waals surface area contributed by atoms with E-state index in [1.165, 1.54) is 0 Å². The van der Waals surface area contributed by atoms with Crippen LogP contribution in [-0.4, -0.2) is 44.2 Å². The van der Waals surface area contributed by atoms with E-state index in [0.29, 0.717) is 24.2 Å². The van der Waals surface area contributed by atoms with Crippen LogP contribution in [0.15, 0.2) is 48.5 Å². The summed E-state index contributed by atoms with van der Waals surface area (Å²) in [6, 6.07) is 17.2. The Labute approximate surface area is 160 Å². The number of anilines is 1. The molecular formula is C22H25N3O2. The highest BCUT2D eigenvalue weighted by molar-refractivity contribution is 5.94. The summed E-state index contributed by atoms with van der Waals surface area (Å²) in [5, 5.41) is 9.12. The van der Waals surface area contributed by atoms with Crippen LogP contribution in [0.2, 0.25) is 0 Å². The van der Waals surface area contributed by atoms with Gasteiger partial charge in [0.15, 0.2) is 0 Å². The third kappa shape index (κ3) is 4.87. The van der Waals surface area contributed by atoms with Crippen LogP contribution in [0.5, 0.6) is 0 Å². The molecular weight excluding hydrogens is 338 g/mol. The number of benzene rings is 2. The van der Waals surface area contributed by atoms with Gasteiger partial charge in [-0.1, -0.05) is 18.2 Å². The monoisotopic (exact) mass is 363 g/mol. The van der Waals surface area contributed by atoms with Crippen LogP contribution in [-0.2, 0) is 11.3 Å². The number of rotatable bonds is 6. The summed E-state index contributed by atoms with van der Waals surface area (Å²) in [7, 11) is 4.01. The molecule has 1 saturated heterocycles. The van der Waals surface area contributed by atoms with E-state index in [-0.39, 0.29) is 12.0 Å². The number of hydrogen-bond donors (Lipinski definition) is 0. The van der Waals surface area contributed by atoms with Crippen LogP contribution in [0.3, 0.4) is 0 Å². The van der Waals surface area contributed by atoms with Crippen molar-refractivity contribution in [2.75, 3.05) is 32.1 Å². The quantitative estimate of drug-likeness (QED) is 0.789. The summed E-state index contributed by atoms with van der Waals surface area (Å²) >= 11 is 0. The Balaban J connectivity index is 1.81. The summed E-state index contributed by atoms with van der Waals surface area (Å²) in [5.74, 6) is -0.0701. The topological polar surface area (TPSA) is 56.6 Å². The highest BCUT2D eigenvalue weighted by atomic mass is 16.5. The second-order valence-corrected chi connectivity index (χ2v) is 7.07. The molecule has 1 aliphatic rings. The number of carbonyl (C=O) groups excluding carboxylic acids is 1. The molecule has 0 bridgehead atoms. The normalized spacial score (nSPS) is 16.0. The van der Waals surface area contributed by atoms with E-state index < -0.39 is 0 Å². The van der Waals surface area contributed by atoms with Gasteiger partial charge in [0.2, 0.25) is 0 Å². The maximum absolute atomic E-state index is 13.1. The highest BCUT2D eigenvalue weighted by Crippen LogP contribution is 2.19.